The molecule has 0 aliphatic carbocycles. The van der Waals surface area contributed by atoms with Crippen LogP contribution in [-0.4, -0.2) is 18.1 Å². The lowest BCUT2D eigenvalue weighted by Gasteiger charge is -2.08. The Balaban J connectivity index is 2.20. The van der Waals surface area contributed by atoms with Crippen molar-refractivity contribution in [1.29, 1.82) is 0 Å². The van der Waals surface area contributed by atoms with E-state index in [2.05, 4.69) is 4.98 Å². The van der Waals surface area contributed by atoms with Gasteiger partial charge in [0, 0.05) is 12.8 Å². The van der Waals surface area contributed by atoms with Gasteiger partial charge in [-0.1, -0.05) is 0 Å². The monoisotopic (exact) mass is 184 g/mol. The van der Waals surface area contributed by atoms with Crippen LogP contribution in [0.3, 0.4) is 0 Å². The zero-order chi connectivity index (χ0) is 8.39. The Bertz CT molecular complexity index is 249. The van der Waals surface area contributed by atoms with E-state index >= 15 is 0 Å². The second-order valence-corrected chi connectivity index (χ2v) is 3.99. The predicted molar refractivity (Wildman–Crippen MR) is 48.2 cm³/mol. The van der Waals surface area contributed by atoms with Gasteiger partial charge in [-0.05, 0) is 6.54 Å². The first-order valence-corrected chi connectivity index (χ1v) is 4.97. The third-order valence-electron chi connectivity index (χ3n) is 1.90. The number of aromatic nitrogens is 1. The van der Waals surface area contributed by atoms with E-state index in [-0.39, 0.29) is 0 Å². The number of nitrogens with zero attached hydrogens (tertiary/aromatic N) is 1. The lowest BCUT2D eigenvalue weighted by molar-refractivity contribution is 0.112. The van der Waals surface area contributed by atoms with Crippen LogP contribution in [0.1, 0.15) is 15.6 Å². The van der Waals surface area contributed by atoms with Gasteiger partial charge in [-0.25, -0.2) is 4.98 Å². The molecule has 2 rings (SSSR count). The smallest absolute Gasteiger partial charge is 0.0944 e. The van der Waals surface area contributed by atoms with Crippen LogP contribution in [0.15, 0.2) is 0 Å². The third-order valence-corrected chi connectivity index (χ3v) is 3.03. The minimum absolute atomic E-state index is 0.688. The minimum Gasteiger partial charge on any atom is -0.375 e. The first-order valence-electron chi connectivity index (χ1n) is 4.15. The van der Waals surface area contributed by atoms with Crippen molar-refractivity contribution in [2.75, 3.05) is 13.2 Å². The molecule has 4 heteroatoms. The van der Waals surface area contributed by atoms with E-state index in [1.165, 1.54) is 10.6 Å². The number of nitrogens with two attached hydrogens (primary N) is 1. The fraction of sp³-hybridized carbons (Fsp3) is 0.625. The summed E-state index contributed by atoms with van der Waals surface area (Å²) in [6.45, 7) is 2.25. The number of fused-ring (bicyclic) bond motifs is 1. The highest BCUT2D eigenvalue weighted by atomic mass is 32.1. The molecule has 1 aliphatic heterocycles. The first kappa shape index (κ1) is 8.16. The minimum atomic E-state index is 0.688. The van der Waals surface area contributed by atoms with Crippen molar-refractivity contribution < 1.29 is 4.74 Å². The van der Waals surface area contributed by atoms with Gasteiger partial charge in [0.25, 0.3) is 0 Å². The van der Waals surface area contributed by atoms with Crippen LogP contribution in [0, 0.1) is 0 Å². The van der Waals surface area contributed by atoms with Crippen molar-refractivity contribution in [3.05, 3.63) is 15.6 Å². The average molecular weight is 184 g/mol. The lowest BCUT2D eigenvalue weighted by Crippen LogP contribution is -2.07. The van der Waals surface area contributed by atoms with Crippen LogP contribution < -0.4 is 5.73 Å². The summed E-state index contributed by atoms with van der Waals surface area (Å²) in [6, 6.07) is 0. The molecule has 0 radical (unpaired) electrons. The molecular weight excluding hydrogens is 172 g/mol. The SMILES string of the molecule is NCCc1nc2c(s1)COCC2. The molecule has 66 valence electrons. The Hall–Kier alpha value is -0.450. The second-order valence-electron chi connectivity index (χ2n) is 2.82. The van der Waals surface area contributed by atoms with Gasteiger partial charge in [0.2, 0.25) is 0 Å². The van der Waals surface area contributed by atoms with Crippen LogP contribution in [0.25, 0.3) is 0 Å². The van der Waals surface area contributed by atoms with Crippen LogP contribution in [-0.2, 0) is 24.2 Å². The van der Waals surface area contributed by atoms with Gasteiger partial charge in [-0.2, -0.15) is 0 Å². The largest absolute Gasteiger partial charge is 0.375 e. The Kier molecular flexibility index (Phi) is 2.39. The van der Waals surface area contributed by atoms with E-state index in [1.807, 2.05) is 0 Å². The van der Waals surface area contributed by atoms with Crippen LogP contribution in [0.5, 0.6) is 0 Å². The van der Waals surface area contributed by atoms with Gasteiger partial charge in [0.15, 0.2) is 0 Å². The summed E-state index contributed by atoms with van der Waals surface area (Å²) in [5.41, 5.74) is 6.69. The molecule has 0 aromatic carbocycles. The molecule has 12 heavy (non-hydrogen) atoms. The summed E-state index contributed by atoms with van der Waals surface area (Å²) in [6.07, 6.45) is 1.87. The van der Waals surface area contributed by atoms with Gasteiger partial charge in [-0.15, -0.1) is 11.3 Å². The first-order chi connectivity index (χ1) is 5.90. The van der Waals surface area contributed by atoms with Gasteiger partial charge in [0.1, 0.15) is 0 Å². The molecule has 1 aromatic heterocycles. The van der Waals surface area contributed by atoms with E-state index < -0.39 is 0 Å². The van der Waals surface area contributed by atoms with Crippen LogP contribution in [0.4, 0.5) is 0 Å². The standard InChI is InChI=1S/C8H12N2OS/c9-3-1-8-10-6-2-4-11-5-7(6)12-8/h1-5,9H2. The lowest BCUT2D eigenvalue weighted by atomic mass is 10.2. The Morgan fingerprint density at radius 3 is 3.25 bits per heavy atom. The molecule has 0 bridgehead atoms. The molecule has 0 spiro atoms. The molecule has 0 saturated heterocycles. The van der Waals surface area contributed by atoms with Gasteiger partial charge < -0.3 is 10.5 Å². The predicted octanol–water partition coefficient (Wildman–Crippen LogP) is 0.717. The molecule has 2 heterocycles. The topological polar surface area (TPSA) is 48.1 Å². The number of hydrogen-bond donors (Lipinski definition) is 1. The Labute approximate surface area is 75.6 Å². The summed E-state index contributed by atoms with van der Waals surface area (Å²) < 4.78 is 5.33. The molecule has 0 amide bonds. The number of ether oxygens (including phenoxy) is 1. The zero-order valence-corrected chi connectivity index (χ0v) is 7.69. The molecule has 0 saturated carbocycles. The number of hydrogen-bond acceptors (Lipinski definition) is 4. The second kappa shape index (κ2) is 3.51. The van der Waals surface area contributed by atoms with Crippen molar-refractivity contribution >= 4 is 11.3 Å². The van der Waals surface area contributed by atoms with Crippen LogP contribution >= 0.6 is 11.3 Å². The Morgan fingerprint density at radius 1 is 1.58 bits per heavy atom. The van der Waals surface area contributed by atoms with Crippen molar-refractivity contribution in [3.63, 3.8) is 0 Å². The summed E-state index contributed by atoms with van der Waals surface area (Å²) in [5, 5.41) is 1.16. The van der Waals surface area contributed by atoms with Crippen molar-refractivity contribution in [2.24, 2.45) is 5.73 Å². The van der Waals surface area contributed by atoms with E-state index in [1.54, 1.807) is 11.3 Å². The number of thiazole rings is 1. The average Bonchev–Trinajstić information content (AvgIpc) is 2.47. The zero-order valence-electron chi connectivity index (χ0n) is 6.88. The maximum atomic E-state index is 5.45. The van der Waals surface area contributed by atoms with Gasteiger partial charge in [0.05, 0.1) is 28.8 Å². The highest BCUT2D eigenvalue weighted by Crippen LogP contribution is 2.23. The highest BCUT2D eigenvalue weighted by molar-refractivity contribution is 7.11. The van der Waals surface area contributed by atoms with Crippen LogP contribution in [0.2, 0.25) is 0 Å². The maximum absolute atomic E-state index is 5.45. The van der Waals surface area contributed by atoms with E-state index in [4.69, 9.17) is 10.5 Å². The maximum Gasteiger partial charge on any atom is 0.0944 e. The summed E-state index contributed by atoms with van der Waals surface area (Å²) in [7, 11) is 0. The summed E-state index contributed by atoms with van der Waals surface area (Å²) in [4.78, 5) is 5.80. The quantitative estimate of drug-likeness (QED) is 0.736. The molecular formula is C8H12N2OS. The molecule has 1 aromatic rings. The summed E-state index contributed by atoms with van der Waals surface area (Å²) in [5.74, 6) is 0. The van der Waals surface area contributed by atoms with E-state index in [9.17, 15) is 0 Å². The molecule has 1 aliphatic rings. The Morgan fingerprint density at radius 2 is 2.50 bits per heavy atom. The fourth-order valence-corrected chi connectivity index (χ4v) is 2.38. The third kappa shape index (κ3) is 1.50. The van der Waals surface area contributed by atoms with Crippen molar-refractivity contribution in [2.45, 2.75) is 19.4 Å². The molecule has 0 unspecified atom stereocenters. The normalized spacial score (nSPS) is 16.1. The molecule has 2 N–H and O–H groups in total. The van der Waals surface area contributed by atoms with Gasteiger partial charge in [-0.3, -0.25) is 0 Å². The molecule has 0 atom stereocenters. The van der Waals surface area contributed by atoms with E-state index in [0.717, 1.165) is 31.1 Å². The fourth-order valence-electron chi connectivity index (χ4n) is 1.31. The van der Waals surface area contributed by atoms with Crippen molar-refractivity contribution in [1.82, 2.24) is 4.98 Å². The van der Waals surface area contributed by atoms with Gasteiger partial charge >= 0.3 is 0 Å². The van der Waals surface area contributed by atoms with E-state index in [0.29, 0.717) is 6.54 Å². The summed E-state index contributed by atoms with van der Waals surface area (Å²) >= 11 is 1.74. The number of rotatable bonds is 2. The molecule has 0 fully saturated rings. The highest BCUT2D eigenvalue weighted by Gasteiger charge is 2.14. The molecule has 3 nitrogen and oxygen atoms in total. The van der Waals surface area contributed by atoms with Crippen molar-refractivity contribution in [3.8, 4) is 0 Å².